The van der Waals surface area contributed by atoms with E-state index >= 15 is 0 Å². The summed E-state index contributed by atoms with van der Waals surface area (Å²) < 4.78 is 5.46. The molecule has 1 fully saturated rings. The molecule has 7 heteroatoms. The second-order valence-electron chi connectivity index (χ2n) is 4.99. The number of aliphatic carboxylic acids is 1. The summed E-state index contributed by atoms with van der Waals surface area (Å²) in [6.45, 7) is 0. The number of hydrogen-bond acceptors (Lipinski definition) is 3. The van der Waals surface area contributed by atoms with Gasteiger partial charge in [-0.1, -0.05) is 35.4 Å². The molecule has 1 saturated heterocycles. The van der Waals surface area contributed by atoms with Crippen LogP contribution in [0.1, 0.15) is 0 Å². The number of carbonyl (C=O) groups excluding carboxylic acids is 1. The van der Waals surface area contributed by atoms with Crippen molar-refractivity contribution in [3.8, 4) is 0 Å². The Morgan fingerprint density at radius 3 is 2.19 bits per heavy atom. The topological polar surface area (TPSA) is 75.6 Å². The number of carbonyl (C=O) groups is 2. The third-order valence-electron chi connectivity index (χ3n) is 3.62. The van der Waals surface area contributed by atoms with Crippen molar-refractivity contribution >= 4 is 40.8 Å². The molecule has 21 heavy (non-hydrogen) atoms. The van der Waals surface area contributed by atoms with Crippen LogP contribution >= 0.6 is 23.2 Å². The maximum atomic E-state index is 12.4. The molecule has 2 bridgehead atoms. The van der Waals surface area contributed by atoms with Crippen molar-refractivity contribution in [2.24, 2.45) is 11.8 Å². The number of ether oxygens (including phenoxy) is 1. The SMILES string of the molecule is O=C(O)C1C2C=CC(O2)C1C(=O)Nc1cc(Cl)cc(Cl)c1. The third kappa shape index (κ3) is 2.64. The minimum absolute atomic E-state index is 0.386. The molecule has 1 aromatic rings. The zero-order chi connectivity index (χ0) is 15.1. The van der Waals surface area contributed by atoms with Crippen LogP contribution in [0, 0.1) is 11.8 Å². The monoisotopic (exact) mass is 327 g/mol. The Hall–Kier alpha value is -1.56. The number of nitrogens with one attached hydrogen (secondary N) is 1. The van der Waals surface area contributed by atoms with Gasteiger partial charge in [-0.2, -0.15) is 0 Å². The van der Waals surface area contributed by atoms with Gasteiger partial charge in [0.15, 0.2) is 0 Å². The van der Waals surface area contributed by atoms with Crippen molar-refractivity contribution in [1.29, 1.82) is 0 Å². The van der Waals surface area contributed by atoms with E-state index < -0.39 is 35.9 Å². The predicted octanol–water partition coefficient (Wildman–Crippen LogP) is 2.59. The molecule has 110 valence electrons. The van der Waals surface area contributed by atoms with Crippen LogP contribution in [0.2, 0.25) is 10.0 Å². The molecule has 4 unspecified atom stereocenters. The van der Waals surface area contributed by atoms with Crippen LogP contribution in [0.25, 0.3) is 0 Å². The van der Waals surface area contributed by atoms with Crippen LogP contribution in [0.15, 0.2) is 30.4 Å². The van der Waals surface area contributed by atoms with Crippen LogP contribution in [-0.2, 0) is 14.3 Å². The van der Waals surface area contributed by atoms with Gasteiger partial charge in [0.1, 0.15) is 5.92 Å². The number of carboxylic acid groups (broad SMARTS) is 1. The first-order chi connectivity index (χ1) is 9.95. The first-order valence-corrected chi connectivity index (χ1v) is 7.05. The predicted molar refractivity (Wildman–Crippen MR) is 77.5 cm³/mol. The molecule has 2 aliphatic heterocycles. The smallest absolute Gasteiger partial charge is 0.310 e. The van der Waals surface area contributed by atoms with Crippen LogP contribution in [0.4, 0.5) is 5.69 Å². The molecular weight excluding hydrogens is 317 g/mol. The van der Waals surface area contributed by atoms with E-state index in [1.807, 2.05) is 0 Å². The van der Waals surface area contributed by atoms with E-state index in [-0.39, 0.29) is 0 Å². The third-order valence-corrected chi connectivity index (χ3v) is 4.05. The van der Waals surface area contributed by atoms with Gasteiger partial charge < -0.3 is 15.2 Å². The summed E-state index contributed by atoms with van der Waals surface area (Å²) in [5.74, 6) is -3.11. The summed E-state index contributed by atoms with van der Waals surface area (Å²) >= 11 is 11.7. The van der Waals surface area contributed by atoms with Crippen molar-refractivity contribution in [2.75, 3.05) is 5.32 Å². The van der Waals surface area contributed by atoms with Gasteiger partial charge >= 0.3 is 5.97 Å². The van der Waals surface area contributed by atoms with Gasteiger partial charge in [-0.05, 0) is 18.2 Å². The summed E-state index contributed by atoms with van der Waals surface area (Å²) in [6, 6.07) is 4.64. The van der Waals surface area contributed by atoms with Crippen LogP contribution < -0.4 is 5.32 Å². The number of carboxylic acids is 1. The number of benzene rings is 1. The molecule has 0 aliphatic carbocycles. The molecule has 0 saturated carbocycles. The highest BCUT2D eigenvalue weighted by atomic mass is 35.5. The molecule has 4 atom stereocenters. The fourth-order valence-corrected chi connectivity index (χ4v) is 3.29. The van der Waals surface area contributed by atoms with Crippen molar-refractivity contribution in [2.45, 2.75) is 12.2 Å². The van der Waals surface area contributed by atoms with Gasteiger partial charge in [-0.15, -0.1) is 0 Å². The molecule has 0 aromatic heterocycles. The number of fused-ring (bicyclic) bond motifs is 2. The fourth-order valence-electron chi connectivity index (χ4n) is 2.77. The second-order valence-corrected chi connectivity index (χ2v) is 5.86. The average molecular weight is 328 g/mol. The minimum Gasteiger partial charge on any atom is -0.481 e. The molecule has 0 spiro atoms. The van der Waals surface area contributed by atoms with E-state index in [4.69, 9.17) is 27.9 Å². The van der Waals surface area contributed by atoms with Gasteiger partial charge in [0.25, 0.3) is 0 Å². The van der Waals surface area contributed by atoms with E-state index in [9.17, 15) is 14.7 Å². The van der Waals surface area contributed by atoms with E-state index in [1.54, 1.807) is 30.4 Å². The first kappa shape index (κ1) is 14.4. The van der Waals surface area contributed by atoms with E-state index in [2.05, 4.69) is 5.32 Å². The number of halogens is 2. The molecule has 2 aliphatic rings. The Morgan fingerprint density at radius 1 is 1.05 bits per heavy atom. The van der Waals surface area contributed by atoms with E-state index in [0.29, 0.717) is 15.7 Å². The summed E-state index contributed by atoms with van der Waals surface area (Å²) in [4.78, 5) is 23.7. The molecule has 1 aromatic carbocycles. The number of rotatable bonds is 3. The fraction of sp³-hybridized carbons (Fsp3) is 0.286. The lowest BCUT2D eigenvalue weighted by molar-refractivity contribution is -0.145. The normalized spacial score (nSPS) is 29.6. The van der Waals surface area contributed by atoms with Gasteiger partial charge in [-0.25, -0.2) is 0 Å². The number of amides is 1. The number of hydrogen-bond donors (Lipinski definition) is 2. The lowest BCUT2D eigenvalue weighted by Gasteiger charge is -2.21. The van der Waals surface area contributed by atoms with Crippen LogP contribution in [0.3, 0.4) is 0 Å². The van der Waals surface area contributed by atoms with E-state index in [1.165, 1.54) is 0 Å². The number of anilines is 1. The summed E-state index contributed by atoms with van der Waals surface area (Å²) in [5.41, 5.74) is 0.424. The maximum absolute atomic E-state index is 12.4. The van der Waals surface area contributed by atoms with Gasteiger partial charge in [-0.3, -0.25) is 9.59 Å². The van der Waals surface area contributed by atoms with Crippen molar-refractivity contribution in [3.05, 3.63) is 40.4 Å². The first-order valence-electron chi connectivity index (χ1n) is 6.29. The van der Waals surface area contributed by atoms with Crippen molar-refractivity contribution in [1.82, 2.24) is 0 Å². The quantitative estimate of drug-likeness (QED) is 0.836. The second kappa shape index (κ2) is 5.33. The van der Waals surface area contributed by atoms with Crippen LogP contribution in [0.5, 0.6) is 0 Å². The zero-order valence-electron chi connectivity index (χ0n) is 10.6. The largest absolute Gasteiger partial charge is 0.481 e. The Labute approximate surface area is 130 Å². The molecule has 2 N–H and O–H groups in total. The highest BCUT2D eigenvalue weighted by molar-refractivity contribution is 6.35. The lowest BCUT2D eigenvalue weighted by atomic mass is 9.82. The Balaban J connectivity index is 1.82. The van der Waals surface area contributed by atoms with Gasteiger partial charge in [0.2, 0.25) is 5.91 Å². The summed E-state index contributed by atoms with van der Waals surface area (Å²) in [5, 5.41) is 12.7. The Morgan fingerprint density at radius 2 is 1.62 bits per heavy atom. The van der Waals surface area contributed by atoms with Crippen molar-refractivity contribution < 1.29 is 19.4 Å². The average Bonchev–Trinajstić information content (AvgIpc) is 2.96. The van der Waals surface area contributed by atoms with Gasteiger partial charge in [0.05, 0.1) is 18.1 Å². The van der Waals surface area contributed by atoms with Gasteiger partial charge in [0, 0.05) is 15.7 Å². The minimum atomic E-state index is -1.05. The molecule has 3 rings (SSSR count). The standard InChI is InChI=1S/C14H11Cl2NO4/c15-6-3-7(16)5-8(4-6)17-13(18)11-9-1-2-10(21-9)12(11)14(19)20/h1-5,9-12H,(H,17,18)(H,19,20). The lowest BCUT2D eigenvalue weighted by Crippen LogP contribution is -2.39. The summed E-state index contributed by atoms with van der Waals surface area (Å²) in [7, 11) is 0. The summed E-state index contributed by atoms with van der Waals surface area (Å²) in [6.07, 6.45) is 2.35. The molecular formula is C14H11Cl2NO4. The van der Waals surface area contributed by atoms with E-state index in [0.717, 1.165) is 0 Å². The van der Waals surface area contributed by atoms with Crippen molar-refractivity contribution in [3.63, 3.8) is 0 Å². The van der Waals surface area contributed by atoms with Crippen LogP contribution in [-0.4, -0.2) is 29.2 Å². The Kier molecular flexibility index (Phi) is 3.65. The Bertz CT molecular complexity index is 626. The highest BCUT2D eigenvalue weighted by Gasteiger charge is 2.53. The maximum Gasteiger partial charge on any atom is 0.310 e. The molecule has 1 amide bonds. The zero-order valence-corrected chi connectivity index (χ0v) is 12.1. The molecule has 5 nitrogen and oxygen atoms in total. The molecule has 0 radical (unpaired) electrons. The molecule has 2 heterocycles. The highest BCUT2D eigenvalue weighted by Crippen LogP contribution is 2.40.